The molecule has 108 valence electrons. The first-order valence-corrected chi connectivity index (χ1v) is 6.85. The molecule has 0 saturated carbocycles. The zero-order valence-electron chi connectivity index (χ0n) is 11.8. The van der Waals surface area contributed by atoms with Crippen LogP contribution in [0.4, 0.5) is 5.69 Å². The topological polar surface area (TPSA) is 64.3 Å². The van der Waals surface area contributed by atoms with E-state index < -0.39 is 5.97 Å². The highest BCUT2D eigenvalue weighted by Crippen LogP contribution is 2.23. The van der Waals surface area contributed by atoms with E-state index in [-0.39, 0.29) is 12.0 Å². The van der Waals surface area contributed by atoms with Gasteiger partial charge in [-0.3, -0.25) is 4.79 Å². The first-order valence-electron chi connectivity index (χ1n) is 6.47. The van der Waals surface area contributed by atoms with Crippen molar-refractivity contribution in [2.45, 2.75) is 26.7 Å². The molecule has 0 bridgehead atoms. The lowest BCUT2D eigenvalue weighted by atomic mass is 9.90. The van der Waals surface area contributed by atoms with Crippen molar-refractivity contribution >= 4 is 23.3 Å². The average Bonchev–Trinajstić information content (AvgIpc) is 2.37. The van der Waals surface area contributed by atoms with Crippen molar-refractivity contribution in [3.8, 4) is 6.07 Å². The van der Waals surface area contributed by atoms with Crippen molar-refractivity contribution in [2.75, 3.05) is 18.0 Å². The fourth-order valence-electron chi connectivity index (χ4n) is 1.90. The number of halogens is 1. The van der Waals surface area contributed by atoms with Crippen molar-refractivity contribution in [1.82, 2.24) is 0 Å². The molecule has 0 radical (unpaired) electrons. The molecule has 0 fully saturated rings. The largest absolute Gasteiger partial charge is 0.480 e. The molecule has 1 aromatic rings. The molecule has 4 nitrogen and oxygen atoms in total. The van der Waals surface area contributed by atoms with Gasteiger partial charge in [-0.15, -0.1) is 0 Å². The zero-order chi connectivity index (χ0) is 15.2. The SMILES string of the molecule is CC(C)(C#N)CCCN(CC(=O)O)c1cccc(Cl)c1. The average molecular weight is 295 g/mol. The summed E-state index contributed by atoms with van der Waals surface area (Å²) in [5.74, 6) is -0.885. The van der Waals surface area contributed by atoms with Crippen LogP contribution in [0.15, 0.2) is 24.3 Å². The number of carbonyl (C=O) groups is 1. The van der Waals surface area contributed by atoms with Gasteiger partial charge in [-0.1, -0.05) is 17.7 Å². The van der Waals surface area contributed by atoms with E-state index in [9.17, 15) is 4.79 Å². The molecule has 0 spiro atoms. The maximum absolute atomic E-state index is 11.0. The van der Waals surface area contributed by atoms with Gasteiger partial charge in [-0.25, -0.2) is 0 Å². The van der Waals surface area contributed by atoms with Gasteiger partial charge in [-0.05, 0) is 44.9 Å². The van der Waals surface area contributed by atoms with Gasteiger partial charge in [0.1, 0.15) is 6.54 Å². The van der Waals surface area contributed by atoms with E-state index in [4.69, 9.17) is 22.0 Å². The summed E-state index contributed by atoms with van der Waals surface area (Å²) in [4.78, 5) is 12.7. The Labute approximate surface area is 124 Å². The predicted octanol–water partition coefficient (Wildman–Crippen LogP) is 3.56. The van der Waals surface area contributed by atoms with E-state index in [0.717, 1.165) is 18.5 Å². The summed E-state index contributed by atoms with van der Waals surface area (Å²) in [7, 11) is 0. The van der Waals surface area contributed by atoms with Crippen LogP contribution in [0.25, 0.3) is 0 Å². The first-order chi connectivity index (χ1) is 9.34. The highest BCUT2D eigenvalue weighted by atomic mass is 35.5. The molecule has 0 amide bonds. The van der Waals surface area contributed by atoms with Crippen LogP contribution in [0, 0.1) is 16.7 Å². The highest BCUT2D eigenvalue weighted by Gasteiger charge is 2.18. The maximum Gasteiger partial charge on any atom is 0.323 e. The molecule has 0 aliphatic heterocycles. The van der Waals surface area contributed by atoms with E-state index in [1.807, 2.05) is 19.9 Å². The number of aliphatic carboxylic acids is 1. The second-order valence-electron chi connectivity index (χ2n) is 5.39. The number of nitriles is 1. The third kappa shape index (κ3) is 5.50. The fourth-order valence-corrected chi connectivity index (χ4v) is 2.09. The Morgan fingerprint density at radius 2 is 2.20 bits per heavy atom. The van der Waals surface area contributed by atoms with Crippen molar-refractivity contribution in [3.05, 3.63) is 29.3 Å². The second-order valence-corrected chi connectivity index (χ2v) is 5.83. The molecule has 0 unspecified atom stereocenters. The molecular weight excluding hydrogens is 276 g/mol. The quantitative estimate of drug-likeness (QED) is 0.835. The van der Waals surface area contributed by atoms with Crippen LogP contribution in [0.5, 0.6) is 0 Å². The summed E-state index contributed by atoms with van der Waals surface area (Å²) >= 11 is 5.94. The summed E-state index contributed by atoms with van der Waals surface area (Å²) < 4.78 is 0. The standard InChI is InChI=1S/C15H19ClN2O2/c1-15(2,11-17)7-4-8-18(10-14(19)20)13-6-3-5-12(16)9-13/h3,5-6,9H,4,7-8,10H2,1-2H3,(H,19,20). The predicted molar refractivity (Wildman–Crippen MR) is 79.9 cm³/mol. The lowest BCUT2D eigenvalue weighted by molar-refractivity contribution is -0.135. The Morgan fingerprint density at radius 3 is 2.75 bits per heavy atom. The van der Waals surface area contributed by atoms with E-state index in [0.29, 0.717) is 11.6 Å². The third-order valence-corrected chi connectivity index (χ3v) is 3.27. The summed E-state index contributed by atoms with van der Waals surface area (Å²) in [6, 6.07) is 9.39. The van der Waals surface area contributed by atoms with Crippen LogP contribution in [-0.2, 0) is 4.79 Å². The second kappa shape index (κ2) is 7.16. The van der Waals surface area contributed by atoms with Crippen LogP contribution in [0.1, 0.15) is 26.7 Å². The molecule has 0 saturated heterocycles. The van der Waals surface area contributed by atoms with Gasteiger partial charge in [0.2, 0.25) is 0 Å². The van der Waals surface area contributed by atoms with E-state index >= 15 is 0 Å². The van der Waals surface area contributed by atoms with Crippen LogP contribution in [0.3, 0.4) is 0 Å². The number of benzene rings is 1. The van der Waals surface area contributed by atoms with Gasteiger partial charge in [0.25, 0.3) is 0 Å². The van der Waals surface area contributed by atoms with Gasteiger partial charge < -0.3 is 10.0 Å². The fraction of sp³-hybridized carbons (Fsp3) is 0.467. The van der Waals surface area contributed by atoms with Crippen molar-refractivity contribution in [1.29, 1.82) is 5.26 Å². The van der Waals surface area contributed by atoms with Crippen LogP contribution in [0.2, 0.25) is 5.02 Å². The minimum atomic E-state index is -0.885. The number of hydrogen-bond donors (Lipinski definition) is 1. The number of carboxylic acid groups (broad SMARTS) is 1. The lowest BCUT2D eigenvalue weighted by Crippen LogP contribution is -2.31. The molecule has 1 aromatic carbocycles. The Bertz CT molecular complexity index is 509. The summed E-state index contributed by atoms with van der Waals surface area (Å²) in [5, 5.41) is 18.6. The Hall–Kier alpha value is -1.73. The Kier molecular flexibility index (Phi) is 5.84. The Balaban J connectivity index is 2.71. The number of hydrogen-bond acceptors (Lipinski definition) is 3. The molecule has 5 heteroatoms. The molecule has 0 aromatic heterocycles. The molecule has 1 N–H and O–H groups in total. The zero-order valence-corrected chi connectivity index (χ0v) is 12.5. The first kappa shape index (κ1) is 16.3. The summed E-state index contributed by atoms with van der Waals surface area (Å²) in [5.41, 5.74) is 0.401. The van der Waals surface area contributed by atoms with E-state index in [1.54, 1.807) is 23.1 Å². The van der Waals surface area contributed by atoms with Crippen LogP contribution < -0.4 is 4.90 Å². The highest BCUT2D eigenvalue weighted by molar-refractivity contribution is 6.30. The smallest absolute Gasteiger partial charge is 0.323 e. The van der Waals surface area contributed by atoms with Crippen molar-refractivity contribution < 1.29 is 9.90 Å². The maximum atomic E-state index is 11.0. The van der Waals surface area contributed by atoms with E-state index in [2.05, 4.69) is 6.07 Å². The molecule has 20 heavy (non-hydrogen) atoms. The molecule has 0 aliphatic rings. The lowest BCUT2D eigenvalue weighted by Gasteiger charge is -2.24. The van der Waals surface area contributed by atoms with Gasteiger partial charge >= 0.3 is 5.97 Å². The van der Waals surface area contributed by atoms with Crippen molar-refractivity contribution in [3.63, 3.8) is 0 Å². The number of carboxylic acids is 1. The van der Waals surface area contributed by atoms with Gasteiger partial charge in [0, 0.05) is 17.3 Å². The summed E-state index contributed by atoms with van der Waals surface area (Å²) in [6.45, 7) is 4.27. The van der Waals surface area contributed by atoms with Crippen molar-refractivity contribution in [2.24, 2.45) is 5.41 Å². The number of nitrogens with zero attached hydrogens (tertiary/aromatic N) is 2. The van der Waals surface area contributed by atoms with Gasteiger partial charge in [-0.2, -0.15) is 5.26 Å². The molecule has 0 aliphatic carbocycles. The molecular formula is C15H19ClN2O2. The monoisotopic (exact) mass is 294 g/mol. The van der Waals surface area contributed by atoms with Gasteiger partial charge in [0.05, 0.1) is 11.5 Å². The normalized spacial score (nSPS) is 10.9. The Morgan fingerprint density at radius 1 is 1.50 bits per heavy atom. The van der Waals surface area contributed by atoms with Crippen LogP contribution >= 0.6 is 11.6 Å². The van der Waals surface area contributed by atoms with Gasteiger partial charge in [0.15, 0.2) is 0 Å². The number of rotatable bonds is 7. The third-order valence-electron chi connectivity index (χ3n) is 3.03. The number of anilines is 1. The minimum Gasteiger partial charge on any atom is -0.480 e. The summed E-state index contributed by atoms with van der Waals surface area (Å²) in [6.07, 6.45) is 1.47. The molecule has 0 atom stereocenters. The minimum absolute atomic E-state index is 0.0761. The molecule has 0 heterocycles. The van der Waals surface area contributed by atoms with Crippen LogP contribution in [-0.4, -0.2) is 24.2 Å². The molecule has 1 rings (SSSR count). The van der Waals surface area contributed by atoms with E-state index in [1.165, 1.54) is 0 Å².